The van der Waals surface area contributed by atoms with Crippen LogP contribution >= 0.6 is 0 Å². The van der Waals surface area contributed by atoms with Crippen molar-refractivity contribution < 1.29 is 9.53 Å². The van der Waals surface area contributed by atoms with Gasteiger partial charge in [-0.1, -0.05) is 0 Å². The second kappa shape index (κ2) is 5.23. The molecule has 2 rings (SSSR count). The lowest BCUT2D eigenvalue weighted by atomic mass is 10.1. The number of aromatic nitrogens is 2. The van der Waals surface area contributed by atoms with E-state index in [0.717, 1.165) is 19.6 Å². The van der Waals surface area contributed by atoms with Crippen LogP contribution in [-0.2, 0) is 11.3 Å². The third kappa shape index (κ3) is 2.48. The highest BCUT2D eigenvalue weighted by atomic mass is 16.5. The van der Waals surface area contributed by atoms with Crippen LogP contribution in [0.15, 0.2) is 12.3 Å². The predicted octanol–water partition coefficient (Wildman–Crippen LogP) is 0.464. The molecular weight excluding hydrogens is 206 g/mol. The second-order valence-corrected chi connectivity index (χ2v) is 3.86. The zero-order valence-electron chi connectivity index (χ0n) is 9.48. The summed E-state index contributed by atoms with van der Waals surface area (Å²) in [4.78, 5) is 12.0. The average molecular weight is 223 g/mol. The van der Waals surface area contributed by atoms with Gasteiger partial charge in [-0.15, -0.1) is 0 Å². The Kier molecular flexibility index (Phi) is 3.69. The lowest BCUT2D eigenvalue weighted by Gasteiger charge is -2.22. The van der Waals surface area contributed by atoms with E-state index < -0.39 is 0 Å². The topological polar surface area (TPSA) is 56.2 Å². The maximum atomic E-state index is 12.0. The molecule has 0 spiro atoms. The number of aryl methyl sites for hydroxylation is 1. The molecule has 88 valence electrons. The van der Waals surface area contributed by atoms with Crippen LogP contribution in [0.4, 0.5) is 0 Å². The summed E-state index contributed by atoms with van der Waals surface area (Å²) in [5.41, 5.74) is 0.677. The molecule has 0 saturated carbocycles. The lowest BCUT2D eigenvalue weighted by Crippen LogP contribution is -2.39. The number of hydrogen-bond acceptors (Lipinski definition) is 4. The fourth-order valence-electron chi connectivity index (χ4n) is 1.88. The molecule has 0 amide bonds. The SMILES string of the molecule is CCn1nccc1C(=O)CC1CNCCO1. The molecule has 2 heterocycles. The Morgan fingerprint density at radius 1 is 1.75 bits per heavy atom. The van der Waals surface area contributed by atoms with Gasteiger partial charge in [0.1, 0.15) is 5.69 Å². The van der Waals surface area contributed by atoms with Gasteiger partial charge in [-0.3, -0.25) is 9.48 Å². The van der Waals surface area contributed by atoms with E-state index in [2.05, 4.69) is 10.4 Å². The van der Waals surface area contributed by atoms with Crippen LogP contribution in [0.2, 0.25) is 0 Å². The third-order valence-electron chi connectivity index (χ3n) is 2.72. The zero-order valence-corrected chi connectivity index (χ0v) is 9.48. The van der Waals surface area contributed by atoms with Crippen molar-refractivity contribution in [1.29, 1.82) is 0 Å². The Bertz CT molecular complexity index is 356. The Hall–Kier alpha value is -1.20. The van der Waals surface area contributed by atoms with Crippen LogP contribution in [0.3, 0.4) is 0 Å². The van der Waals surface area contributed by atoms with Crippen LogP contribution in [0.1, 0.15) is 23.8 Å². The fourth-order valence-corrected chi connectivity index (χ4v) is 1.88. The van der Waals surface area contributed by atoms with Gasteiger partial charge < -0.3 is 10.1 Å². The van der Waals surface area contributed by atoms with Gasteiger partial charge >= 0.3 is 0 Å². The van der Waals surface area contributed by atoms with Gasteiger partial charge in [0, 0.05) is 32.3 Å². The predicted molar refractivity (Wildman–Crippen MR) is 59.5 cm³/mol. The van der Waals surface area contributed by atoms with Gasteiger partial charge in [-0.25, -0.2) is 0 Å². The number of carbonyl (C=O) groups is 1. The van der Waals surface area contributed by atoms with Crippen LogP contribution in [-0.4, -0.2) is 41.4 Å². The summed E-state index contributed by atoms with van der Waals surface area (Å²) >= 11 is 0. The summed E-state index contributed by atoms with van der Waals surface area (Å²) in [6.07, 6.45) is 2.09. The van der Waals surface area contributed by atoms with Crippen molar-refractivity contribution in [1.82, 2.24) is 15.1 Å². The first kappa shape index (κ1) is 11.3. The summed E-state index contributed by atoms with van der Waals surface area (Å²) in [7, 11) is 0. The molecule has 16 heavy (non-hydrogen) atoms. The number of nitrogens with one attached hydrogen (secondary N) is 1. The molecule has 5 heteroatoms. The highest BCUT2D eigenvalue weighted by Gasteiger charge is 2.20. The molecule has 1 aromatic rings. The Labute approximate surface area is 94.8 Å². The fraction of sp³-hybridized carbons (Fsp3) is 0.636. The van der Waals surface area contributed by atoms with E-state index in [4.69, 9.17) is 4.74 Å². The van der Waals surface area contributed by atoms with E-state index >= 15 is 0 Å². The molecule has 1 aromatic heterocycles. The first-order chi connectivity index (χ1) is 7.81. The highest BCUT2D eigenvalue weighted by molar-refractivity contribution is 5.94. The molecule has 5 nitrogen and oxygen atoms in total. The number of carbonyl (C=O) groups excluding carboxylic acids is 1. The van der Waals surface area contributed by atoms with Crippen LogP contribution in [0, 0.1) is 0 Å². The average Bonchev–Trinajstić information content (AvgIpc) is 2.78. The standard InChI is InChI=1S/C11H17N3O2/c1-2-14-10(3-4-13-14)11(15)7-9-8-12-5-6-16-9/h3-4,9,12H,2,5-8H2,1H3. The smallest absolute Gasteiger partial charge is 0.183 e. The zero-order chi connectivity index (χ0) is 11.4. The molecule has 0 radical (unpaired) electrons. The van der Waals surface area contributed by atoms with E-state index in [1.807, 2.05) is 6.92 Å². The largest absolute Gasteiger partial charge is 0.375 e. The molecule has 0 aliphatic carbocycles. The van der Waals surface area contributed by atoms with E-state index in [1.165, 1.54) is 0 Å². The summed E-state index contributed by atoms with van der Waals surface area (Å²) in [6.45, 7) is 5.01. The number of rotatable bonds is 4. The monoisotopic (exact) mass is 223 g/mol. The molecule has 1 unspecified atom stereocenters. The number of ether oxygens (including phenoxy) is 1. The summed E-state index contributed by atoms with van der Waals surface area (Å²) in [6, 6.07) is 1.77. The first-order valence-electron chi connectivity index (χ1n) is 5.68. The number of morpholine rings is 1. The minimum Gasteiger partial charge on any atom is -0.375 e. The first-order valence-corrected chi connectivity index (χ1v) is 5.68. The van der Waals surface area contributed by atoms with Crippen molar-refractivity contribution in [3.05, 3.63) is 18.0 Å². The number of hydrogen-bond donors (Lipinski definition) is 1. The molecule has 1 saturated heterocycles. The van der Waals surface area contributed by atoms with E-state index in [1.54, 1.807) is 16.9 Å². The molecular formula is C11H17N3O2. The highest BCUT2D eigenvalue weighted by Crippen LogP contribution is 2.09. The minimum absolute atomic E-state index is 0.00135. The normalized spacial score (nSPS) is 20.9. The van der Waals surface area contributed by atoms with E-state index in [9.17, 15) is 4.79 Å². The third-order valence-corrected chi connectivity index (χ3v) is 2.72. The van der Waals surface area contributed by atoms with Gasteiger partial charge in [0.05, 0.1) is 12.7 Å². The van der Waals surface area contributed by atoms with Crippen LogP contribution in [0.5, 0.6) is 0 Å². The van der Waals surface area contributed by atoms with Crippen molar-refractivity contribution in [2.24, 2.45) is 0 Å². The van der Waals surface area contributed by atoms with Crippen molar-refractivity contribution in [3.8, 4) is 0 Å². The molecule has 1 fully saturated rings. The molecule has 1 aliphatic rings. The quantitative estimate of drug-likeness (QED) is 0.754. The van der Waals surface area contributed by atoms with Crippen molar-refractivity contribution in [2.75, 3.05) is 19.7 Å². The Balaban J connectivity index is 1.96. The Morgan fingerprint density at radius 3 is 3.31 bits per heavy atom. The summed E-state index contributed by atoms with van der Waals surface area (Å²) in [5, 5.41) is 7.30. The maximum absolute atomic E-state index is 12.0. The maximum Gasteiger partial charge on any atom is 0.183 e. The number of nitrogens with zero attached hydrogens (tertiary/aromatic N) is 2. The second-order valence-electron chi connectivity index (χ2n) is 3.86. The van der Waals surface area contributed by atoms with Gasteiger partial charge in [0.25, 0.3) is 0 Å². The minimum atomic E-state index is 0.00135. The summed E-state index contributed by atoms with van der Waals surface area (Å²) in [5.74, 6) is 0.105. The van der Waals surface area contributed by atoms with Crippen molar-refractivity contribution in [3.63, 3.8) is 0 Å². The van der Waals surface area contributed by atoms with Crippen LogP contribution < -0.4 is 5.32 Å². The number of ketones is 1. The van der Waals surface area contributed by atoms with Crippen molar-refractivity contribution in [2.45, 2.75) is 26.0 Å². The van der Waals surface area contributed by atoms with Gasteiger partial charge in [-0.2, -0.15) is 5.10 Å². The lowest BCUT2D eigenvalue weighted by molar-refractivity contribution is 0.0237. The summed E-state index contributed by atoms with van der Waals surface area (Å²) < 4.78 is 7.23. The number of Topliss-reactive ketones (excluding diaryl/α,β-unsaturated/α-hetero) is 1. The molecule has 0 bridgehead atoms. The van der Waals surface area contributed by atoms with Gasteiger partial charge in [0.2, 0.25) is 0 Å². The van der Waals surface area contributed by atoms with E-state index in [0.29, 0.717) is 18.7 Å². The molecule has 1 N–H and O–H groups in total. The molecule has 1 atom stereocenters. The molecule has 0 aromatic carbocycles. The van der Waals surface area contributed by atoms with Crippen LogP contribution in [0.25, 0.3) is 0 Å². The van der Waals surface area contributed by atoms with Crippen molar-refractivity contribution >= 4 is 5.78 Å². The Morgan fingerprint density at radius 2 is 2.62 bits per heavy atom. The van der Waals surface area contributed by atoms with Gasteiger partial charge in [0.15, 0.2) is 5.78 Å². The molecule has 1 aliphatic heterocycles. The van der Waals surface area contributed by atoms with E-state index in [-0.39, 0.29) is 11.9 Å². The van der Waals surface area contributed by atoms with Gasteiger partial charge in [-0.05, 0) is 13.0 Å².